The Morgan fingerprint density at radius 3 is 2.58 bits per heavy atom. The van der Waals surface area contributed by atoms with Crippen LogP contribution in [0.15, 0.2) is 40.9 Å². The topological polar surface area (TPSA) is 52.3 Å². The van der Waals surface area contributed by atoms with Gasteiger partial charge < -0.3 is 10.5 Å². The maximum atomic E-state index is 12.3. The minimum Gasteiger partial charge on any atom is -0.496 e. The molecule has 2 aromatic rings. The molecule has 0 atom stereocenters. The average molecular weight is 341 g/mol. The van der Waals surface area contributed by atoms with Gasteiger partial charge >= 0.3 is 0 Å². The molecular formula is C14H11BrClNO2. The predicted octanol–water partition coefficient (Wildman–Crippen LogP) is 3.92. The number of methoxy groups -OCH3 is 1. The van der Waals surface area contributed by atoms with E-state index in [1.807, 2.05) is 0 Å². The van der Waals surface area contributed by atoms with E-state index in [2.05, 4.69) is 15.9 Å². The Balaban J connectivity index is 2.41. The quantitative estimate of drug-likeness (QED) is 0.680. The monoisotopic (exact) mass is 339 g/mol. The standard InChI is InChI=1S/C14H11BrClNO2/c1-19-13-5-2-8(6-11(13)15)14(18)10-4-3-9(16)7-12(10)17/h2-7H,17H2,1H3. The number of halogens is 2. The van der Waals surface area contributed by atoms with Crippen LogP contribution in [0.5, 0.6) is 5.75 Å². The lowest BCUT2D eigenvalue weighted by Crippen LogP contribution is -2.05. The highest BCUT2D eigenvalue weighted by molar-refractivity contribution is 9.10. The highest BCUT2D eigenvalue weighted by Crippen LogP contribution is 2.28. The van der Waals surface area contributed by atoms with Crippen LogP contribution in [0.2, 0.25) is 5.02 Å². The maximum Gasteiger partial charge on any atom is 0.195 e. The van der Waals surface area contributed by atoms with E-state index < -0.39 is 0 Å². The van der Waals surface area contributed by atoms with E-state index in [1.54, 1.807) is 43.5 Å². The molecule has 0 aliphatic carbocycles. The molecule has 0 saturated heterocycles. The molecule has 5 heteroatoms. The van der Waals surface area contributed by atoms with Crippen LogP contribution in [0, 0.1) is 0 Å². The van der Waals surface area contributed by atoms with Gasteiger partial charge in [0.25, 0.3) is 0 Å². The molecule has 0 saturated carbocycles. The van der Waals surface area contributed by atoms with Crippen LogP contribution >= 0.6 is 27.5 Å². The van der Waals surface area contributed by atoms with Crippen molar-refractivity contribution in [2.24, 2.45) is 0 Å². The summed E-state index contributed by atoms with van der Waals surface area (Å²) >= 11 is 9.17. The van der Waals surface area contributed by atoms with Gasteiger partial charge in [-0.25, -0.2) is 0 Å². The number of anilines is 1. The molecular weight excluding hydrogens is 330 g/mol. The zero-order valence-corrected chi connectivity index (χ0v) is 12.5. The number of nitrogens with two attached hydrogens (primary N) is 1. The molecule has 2 aromatic carbocycles. The van der Waals surface area contributed by atoms with Crippen LogP contribution in [0.1, 0.15) is 15.9 Å². The minimum atomic E-state index is -0.155. The van der Waals surface area contributed by atoms with Gasteiger partial charge in [0.1, 0.15) is 5.75 Å². The van der Waals surface area contributed by atoms with Gasteiger partial charge in [-0.2, -0.15) is 0 Å². The van der Waals surface area contributed by atoms with Crippen LogP contribution in [0.3, 0.4) is 0 Å². The SMILES string of the molecule is COc1ccc(C(=O)c2ccc(Cl)cc2N)cc1Br. The van der Waals surface area contributed by atoms with Crippen LogP contribution in [-0.2, 0) is 0 Å². The molecule has 0 unspecified atom stereocenters. The summed E-state index contributed by atoms with van der Waals surface area (Å²) in [5.41, 5.74) is 7.14. The van der Waals surface area contributed by atoms with Crippen molar-refractivity contribution in [3.05, 3.63) is 57.0 Å². The van der Waals surface area contributed by atoms with E-state index in [0.29, 0.717) is 32.1 Å². The number of rotatable bonds is 3. The second-order valence-electron chi connectivity index (χ2n) is 3.91. The zero-order chi connectivity index (χ0) is 14.0. The van der Waals surface area contributed by atoms with Gasteiger partial charge in [-0.15, -0.1) is 0 Å². The number of benzene rings is 2. The molecule has 3 nitrogen and oxygen atoms in total. The Labute approximate surface area is 124 Å². The second-order valence-corrected chi connectivity index (χ2v) is 5.20. The molecule has 0 aliphatic heterocycles. The molecule has 0 aromatic heterocycles. The number of hydrogen-bond acceptors (Lipinski definition) is 3. The first-order valence-electron chi connectivity index (χ1n) is 5.46. The lowest BCUT2D eigenvalue weighted by Gasteiger charge is -2.08. The third kappa shape index (κ3) is 2.91. The van der Waals surface area contributed by atoms with Gasteiger partial charge in [-0.1, -0.05) is 11.6 Å². The van der Waals surface area contributed by atoms with Crippen molar-refractivity contribution < 1.29 is 9.53 Å². The normalized spacial score (nSPS) is 10.3. The van der Waals surface area contributed by atoms with Gasteiger partial charge in [0.2, 0.25) is 0 Å². The van der Waals surface area contributed by atoms with Gasteiger partial charge in [0.05, 0.1) is 11.6 Å². The molecule has 2 rings (SSSR count). The minimum absolute atomic E-state index is 0.155. The number of ether oxygens (including phenoxy) is 1. The lowest BCUT2D eigenvalue weighted by molar-refractivity contribution is 0.103. The molecule has 0 radical (unpaired) electrons. The summed E-state index contributed by atoms with van der Waals surface area (Å²) in [7, 11) is 1.57. The first kappa shape index (κ1) is 13.9. The summed E-state index contributed by atoms with van der Waals surface area (Å²) in [6, 6.07) is 9.95. The van der Waals surface area contributed by atoms with E-state index in [0.717, 1.165) is 0 Å². The first-order chi connectivity index (χ1) is 9.02. The van der Waals surface area contributed by atoms with Crippen LogP contribution < -0.4 is 10.5 Å². The second kappa shape index (κ2) is 5.63. The molecule has 0 bridgehead atoms. The number of hydrogen-bond donors (Lipinski definition) is 1. The Morgan fingerprint density at radius 1 is 1.26 bits per heavy atom. The number of carbonyl (C=O) groups excluding carboxylic acids is 1. The van der Waals surface area contributed by atoms with Crippen molar-refractivity contribution >= 4 is 39.0 Å². The van der Waals surface area contributed by atoms with Crippen molar-refractivity contribution in [2.45, 2.75) is 0 Å². The lowest BCUT2D eigenvalue weighted by atomic mass is 10.0. The Bertz CT molecular complexity index is 643. The summed E-state index contributed by atoms with van der Waals surface area (Å²) in [5, 5.41) is 0.505. The average Bonchev–Trinajstić information content (AvgIpc) is 2.38. The summed E-state index contributed by atoms with van der Waals surface area (Å²) in [6.07, 6.45) is 0. The fourth-order valence-electron chi connectivity index (χ4n) is 1.70. The molecule has 0 amide bonds. The fraction of sp³-hybridized carbons (Fsp3) is 0.0714. The Morgan fingerprint density at radius 2 is 2.00 bits per heavy atom. The van der Waals surface area contributed by atoms with E-state index in [9.17, 15) is 4.79 Å². The molecule has 19 heavy (non-hydrogen) atoms. The van der Waals surface area contributed by atoms with Crippen molar-refractivity contribution in [1.82, 2.24) is 0 Å². The number of nitrogen functional groups attached to an aromatic ring is 1. The van der Waals surface area contributed by atoms with Crippen molar-refractivity contribution in [3.63, 3.8) is 0 Å². The molecule has 0 aliphatic rings. The van der Waals surface area contributed by atoms with Crippen molar-refractivity contribution in [2.75, 3.05) is 12.8 Å². The van der Waals surface area contributed by atoms with Gasteiger partial charge in [-0.05, 0) is 52.3 Å². The maximum absolute atomic E-state index is 12.3. The molecule has 0 fully saturated rings. The van der Waals surface area contributed by atoms with Crippen LogP contribution in [0.25, 0.3) is 0 Å². The largest absolute Gasteiger partial charge is 0.496 e. The zero-order valence-electron chi connectivity index (χ0n) is 10.1. The third-order valence-electron chi connectivity index (χ3n) is 2.67. The van der Waals surface area contributed by atoms with E-state index in [-0.39, 0.29) is 5.78 Å². The number of carbonyl (C=O) groups is 1. The van der Waals surface area contributed by atoms with Crippen LogP contribution in [0.4, 0.5) is 5.69 Å². The molecule has 2 N–H and O–H groups in total. The summed E-state index contributed by atoms with van der Waals surface area (Å²) in [4.78, 5) is 12.3. The highest BCUT2D eigenvalue weighted by Gasteiger charge is 2.14. The van der Waals surface area contributed by atoms with Gasteiger partial charge in [0, 0.05) is 21.8 Å². The Kier molecular flexibility index (Phi) is 4.12. The predicted molar refractivity (Wildman–Crippen MR) is 80.0 cm³/mol. The summed E-state index contributed by atoms with van der Waals surface area (Å²) in [5.74, 6) is 0.512. The van der Waals surface area contributed by atoms with Gasteiger partial charge in [0.15, 0.2) is 5.78 Å². The summed E-state index contributed by atoms with van der Waals surface area (Å²) in [6.45, 7) is 0. The van der Waals surface area contributed by atoms with Crippen LogP contribution in [-0.4, -0.2) is 12.9 Å². The van der Waals surface area contributed by atoms with E-state index in [4.69, 9.17) is 22.1 Å². The number of ketones is 1. The van der Waals surface area contributed by atoms with Crippen molar-refractivity contribution in [1.29, 1.82) is 0 Å². The summed E-state index contributed by atoms with van der Waals surface area (Å²) < 4.78 is 5.84. The molecule has 98 valence electrons. The highest BCUT2D eigenvalue weighted by atomic mass is 79.9. The van der Waals surface area contributed by atoms with Gasteiger partial charge in [-0.3, -0.25) is 4.79 Å². The van der Waals surface area contributed by atoms with E-state index >= 15 is 0 Å². The van der Waals surface area contributed by atoms with E-state index in [1.165, 1.54) is 0 Å². The first-order valence-corrected chi connectivity index (χ1v) is 6.63. The van der Waals surface area contributed by atoms with Crippen molar-refractivity contribution in [3.8, 4) is 5.75 Å². The molecule has 0 heterocycles. The third-order valence-corrected chi connectivity index (χ3v) is 3.53. The Hall–Kier alpha value is -1.52. The fourth-order valence-corrected chi connectivity index (χ4v) is 2.42. The smallest absolute Gasteiger partial charge is 0.195 e. The molecule has 0 spiro atoms.